The van der Waals surface area contributed by atoms with Crippen molar-refractivity contribution in [1.29, 1.82) is 0 Å². The Bertz CT molecular complexity index is 1380. The summed E-state index contributed by atoms with van der Waals surface area (Å²) in [5.74, 6) is -3.94. The summed E-state index contributed by atoms with van der Waals surface area (Å²) in [4.78, 5) is 0. The van der Waals surface area contributed by atoms with Crippen molar-refractivity contribution in [2.75, 3.05) is 0 Å². The highest BCUT2D eigenvalue weighted by atomic mass is 19.3. The predicted octanol–water partition coefficient (Wildman–Crippen LogP) is 12.5. The van der Waals surface area contributed by atoms with E-state index in [0.717, 1.165) is 18.1 Å². The van der Waals surface area contributed by atoms with Crippen molar-refractivity contribution >= 4 is 0 Å². The van der Waals surface area contributed by atoms with Crippen LogP contribution in [0.25, 0.3) is 11.1 Å². The zero-order valence-electron chi connectivity index (χ0n) is 25.6. The molecule has 0 N–H and O–H groups in total. The van der Waals surface area contributed by atoms with E-state index in [1.165, 1.54) is 62.5 Å². The van der Waals surface area contributed by atoms with Gasteiger partial charge in [0.05, 0.1) is 11.5 Å². The first-order chi connectivity index (χ1) is 21.6. The lowest BCUT2D eigenvalue weighted by molar-refractivity contribution is -0.222. The standard InChI is InChI=1S/C37H41F7O/c1-2-3-4-5-23-6-8-24(9-7-23)25-10-12-26(13-11-25)27-14-16-29(17-15-27)37(43,44)45-30-18-19-31(32(38)22-30)28-20-33(39)35(36(41)42)34(40)21-28/h10-13,18-24,27,29,36H,2-9,14-17H2,1H3. The van der Waals surface area contributed by atoms with Gasteiger partial charge >= 0.3 is 6.11 Å². The lowest BCUT2D eigenvalue weighted by atomic mass is 9.75. The SMILES string of the molecule is CCCCCC1CCC(c2ccc(C3CCC(C(F)(F)Oc4ccc(-c5cc(F)c(C(F)F)c(F)c5)c(F)c4)CC3)cc2)CC1. The van der Waals surface area contributed by atoms with Gasteiger partial charge in [0.2, 0.25) is 0 Å². The molecule has 0 amide bonds. The second-order valence-electron chi connectivity index (χ2n) is 12.9. The summed E-state index contributed by atoms with van der Waals surface area (Å²) in [6, 6.07) is 12.8. The zero-order chi connectivity index (χ0) is 32.1. The number of hydrogen-bond donors (Lipinski definition) is 0. The fraction of sp³-hybridized carbons (Fsp3) is 0.514. The van der Waals surface area contributed by atoms with Gasteiger partial charge in [0.15, 0.2) is 0 Å². The smallest absolute Gasteiger partial charge is 0.400 e. The van der Waals surface area contributed by atoms with Crippen molar-refractivity contribution in [2.24, 2.45) is 11.8 Å². The van der Waals surface area contributed by atoms with Gasteiger partial charge < -0.3 is 4.74 Å². The Labute approximate surface area is 261 Å². The maximum absolute atomic E-state index is 15.2. The molecule has 3 aromatic rings. The van der Waals surface area contributed by atoms with Crippen LogP contribution in [0.3, 0.4) is 0 Å². The molecule has 0 aromatic heterocycles. The van der Waals surface area contributed by atoms with Crippen molar-refractivity contribution in [2.45, 2.75) is 108 Å². The van der Waals surface area contributed by atoms with Crippen molar-refractivity contribution in [3.63, 3.8) is 0 Å². The van der Waals surface area contributed by atoms with E-state index >= 15 is 8.78 Å². The Kier molecular flexibility index (Phi) is 10.8. The van der Waals surface area contributed by atoms with Gasteiger partial charge in [0.25, 0.3) is 6.43 Å². The van der Waals surface area contributed by atoms with Crippen LogP contribution in [0.1, 0.15) is 119 Å². The third kappa shape index (κ3) is 8.04. The van der Waals surface area contributed by atoms with Gasteiger partial charge in [0, 0.05) is 11.6 Å². The normalized spacial score (nSPS) is 22.5. The zero-order valence-corrected chi connectivity index (χ0v) is 25.6. The molecule has 0 spiro atoms. The van der Waals surface area contributed by atoms with Crippen LogP contribution in [-0.4, -0.2) is 6.11 Å². The second kappa shape index (κ2) is 14.6. The maximum Gasteiger partial charge on any atom is 0.400 e. The van der Waals surface area contributed by atoms with Crippen molar-refractivity contribution in [3.8, 4) is 16.9 Å². The van der Waals surface area contributed by atoms with Gasteiger partial charge in [-0.2, -0.15) is 8.78 Å². The third-order valence-corrected chi connectivity index (χ3v) is 9.95. The van der Waals surface area contributed by atoms with E-state index in [9.17, 15) is 22.0 Å². The van der Waals surface area contributed by atoms with Gasteiger partial charge in [-0.3, -0.25) is 0 Å². The van der Waals surface area contributed by atoms with E-state index in [2.05, 4.69) is 31.2 Å². The highest BCUT2D eigenvalue weighted by Gasteiger charge is 2.44. The first kappa shape index (κ1) is 33.3. The Hall–Kier alpha value is -3.03. The van der Waals surface area contributed by atoms with Crippen molar-refractivity contribution in [1.82, 2.24) is 0 Å². The molecule has 5 rings (SSSR count). The van der Waals surface area contributed by atoms with E-state index in [-0.39, 0.29) is 29.9 Å². The van der Waals surface area contributed by atoms with Crippen LogP contribution < -0.4 is 4.74 Å². The molecule has 2 saturated carbocycles. The molecule has 0 atom stereocenters. The molecule has 0 saturated heterocycles. The van der Waals surface area contributed by atoms with Crippen LogP contribution in [0.15, 0.2) is 54.6 Å². The van der Waals surface area contributed by atoms with Gasteiger partial charge in [-0.05, 0) is 110 Å². The predicted molar refractivity (Wildman–Crippen MR) is 162 cm³/mol. The molecular formula is C37H41F7O. The summed E-state index contributed by atoms with van der Waals surface area (Å²) in [6.45, 7) is 2.24. The van der Waals surface area contributed by atoms with E-state index < -0.39 is 47.2 Å². The highest BCUT2D eigenvalue weighted by Crippen LogP contribution is 2.44. The van der Waals surface area contributed by atoms with Crippen LogP contribution in [0.5, 0.6) is 5.75 Å². The molecule has 2 aliphatic carbocycles. The second-order valence-corrected chi connectivity index (χ2v) is 12.9. The summed E-state index contributed by atoms with van der Waals surface area (Å²) in [6.07, 6.45) is 5.07. The number of rotatable bonds is 11. The Balaban J connectivity index is 1.14. The van der Waals surface area contributed by atoms with Crippen LogP contribution in [0.4, 0.5) is 30.7 Å². The first-order valence-electron chi connectivity index (χ1n) is 16.3. The number of hydrogen-bond acceptors (Lipinski definition) is 1. The number of ether oxygens (including phenoxy) is 1. The van der Waals surface area contributed by atoms with E-state index in [4.69, 9.17) is 4.74 Å². The molecule has 45 heavy (non-hydrogen) atoms. The van der Waals surface area contributed by atoms with Crippen LogP contribution in [0, 0.1) is 29.3 Å². The van der Waals surface area contributed by atoms with Gasteiger partial charge in [-0.15, -0.1) is 0 Å². The van der Waals surface area contributed by atoms with E-state index in [1.54, 1.807) is 0 Å². The molecule has 0 bridgehead atoms. The van der Waals surface area contributed by atoms with Gasteiger partial charge in [-0.1, -0.05) is 56.9 Å². The Morgan fingerprint density at radius 1 is 0.711 bits per heavy atom. The molecule has 2 fully saturated rings. The molecular weight excluding hydrogens is 593 g/mol. The minimum Gasteiger partial charge on any atom is -0.432 e. The monoisotopic (exact) mass is 634 g/mol. The topological polar surface area (TPSA) is 9.23 Å². The number of alkyl halides is 4. The lowest BCUT2D eigenvalue weighted by Crippen LogP contribution is -2.37. The molecule has 0 aliphatic heterocycles. The van der Waals surface area contributed by atoms with Gasteiger partial charge in [-0.25, -0.2) is 22.0 Å². The summed E-state index contributed by atoms with van der Waals surface area (Å²) >= 11 is 0. The van der Waals surface area contributed by atoms with E-state index in [0.29, 0.717) is 37.0 Å². The summed E-state index contributed by atoms with van der Waals surface area (Å²) in [5, 5.41) is 0. The Morgan fingerprint density at radius 3 is 1.78 bits per heavy atom. The number of benzene rings is 3. The summed E-state index contributed by atoms with van der Waals surface area (Å²) in [5.41, 5.74) is 0.476. The van der Waals surface area contributed by atoms with E-state index in [1.807, 2.05) is 0 Å². The largest absolute Gasteiger partial charge is 0.432 e. The van der Waals surface area contributed by atoms with Crippen molar-refractivity contribution in [3.05, 3.63) is 88.7 Å². The molecule has 244 valence electrons. The maximum atomic E-state index is 15.2. The number of halogens is 7. The first-order valence-corrected chi connectivity index (χ1v) is 16.3. The quantitative estimate of drug-likeness (QED) is 0.151. The minimum absolute atomic E-state index is 0.189. The van der Waals surface area contributed by atoms with Crippen LogP contribution >= 0.6 is 0 Å². The fourth-order valence-corrected chi connectivity index (χ4v) is 7.25. The molecule has 2 aliphatic rings. The molecule has 1 nitrogen and oxygen atoms in total. The average molecular weight is 635 g/mol. The van der Waals surface area contributed by atoms with Crippen molar-refractivity contribution < 1.29 is 35.5 Å². The lowest BCUT2D eigenvalue weighted by Gasteiger charge is -2.33. The minimum atomic E-state index is -3.55. The van der Waals surface area contributed by atoms with Gasteiger partial charge in [0.1, 0.15) is 23.2 Å². The average Bonchev–Trinajstić information content (AvgIpc) is 3.01. The number of unbranched alkanes of at least 4 members (excludes halogenated alkanes) is 2. The summed E-state index contributed by atoms with van der Waals surface area (Å²) < 4.78 is 104. The molecule has 0 radical (unpaired) electrons. The Morgan fingerprint density at radius 2 is 1.27 bits per heavy atom. The third-order valence-electron chi connectivity index (χ3n) is 9.95. The van der Waals surface area contributed by atoms with Crippen LogP contribution in [-0.2, 0) is 0 Å². The summed E-state index contributed by atoms with van der Waals surface area (Å²) in [7, 11) is 0. The molecule has 0 heterocycles. The highest BCUT2D eigenvalue weighted by molar-refractivity contribution is 5.65. The molecule has 3 aromatic carbocycles. The van der Waals surface area contributed by atoms with Crippen LogP contribution in [0.2, 0.25) is 0 Å². The molecule has 0 unspecified atom stereocenters. The fourth-order valence-electron chi connectivity index (χ4n) is 7.25. The molecule has 8 heteroatoms.